The lowest BCUT2D eigenvalue weighted by Gasteiger charge is -2.31. The first-order valence-corrected chi connectivity index (χ1v) is 9.84. The second-order valence-corrected chi connectivity index (χ2v) is 8.21. The van der Waals surface area contributed by atoms with Gasteiger partial charge in [-0.15, -0.1) is 10.2 Å². The fourth-order valence-corrected chi connectivity index (χ4v) is 3.95. The molecule has 0 aliphatic carbocycles. The summed E-state index contributed by atoms with van der Waals surface area (Å²) in [7, 11) is 0. The van der Waals surface area contributed by atoms with Crippen molar-refractivity contribution in [3.8, 4) is 0 Å². The third-order valence-electron chi connectivity index (χ3n) is 4.34. The number of hydrogen-bond acceptors (Lipinski definition) is 7. The highest BCUT2D eigenvalue weighted by atomic mass is 35.5. The summed E-state index contributed by atoms with van der Waals surface area (Å²) in [5, 5.41) is 23.0. The minimum absolute atomic E-state index is 0.0781. The summed E-state index contributed by atoms with van der Waals surface area (Å²) >= 11 is 7.40. The van der Waals surface area contributed by atoms with Crippen LogP contribution >= 0.6 is 22.9 Å². The van der Waals surface area contributed by atoms with Crippen LogP contribution in [0.15, 0.2) is 0 Å². The molecule has 0 saturated carbocycles. The molecule has 1 fully saturated rings. The molecule has 0 atom stereocenters. The fourth-order valence-electron chi connectivity index (χ4n) is 2.79. The lowest BCUT2D eigenvalue weighted by Crippen LogP contribution is -2.45. The SMILES string of the molecule is CCc1[nH]c(C(=O)NC2CCN(c3nnc(C(C)(C)O)s3)CC2)nc1Cl. The van der Waals surface area contributed by atoms with Crippen LogP contribution in [0, 0.1) is 0 Å². The highest BCUT2D eigenvalue weighted by Crippen LogP contribution is 2.29. The molecule has 3 N–H and O–H groups in total. The number of nitrogens with zero attached hydrogens (tertiary/aromatic N) is 4. The highest BCUT2D eigenvalue weighted by molar-refractivity contribution is 7.15. The standard InChI is InChI=1S/C16H23ClN6O2S/c1-4-10-11(17)20-12(19-10)13(24)18-9-5-7-23(8-6-9)15-22-21-14(26-15)16(2,3)25/h9,25H,4-8H2,1-3H3,(H,18,24)(H,19,20). The molecule has 0 aromatic carbocycles. The van der Waals surface area contributed by atoms with Crippen molar-refractivity contribution in [2.24, 2.45) is 0 Å². The van der Waals surface area contributed by atoms with Gasteiger partial charge in [0.2, 0.25) is 5.13 Å². The molecule has 1 aliphatic rings. The summed E-state index contributed by atoms with van der Waals surface area (Å²) in [6.07, 6.45) is 2.31. The van der Waals surface area contributed by atoms with E-state index in [4.69, 9.17) is 11.6 Å². The number of imidazole rings is 1. The van der Waals surface area contributed by atoms with Gasteiger partial charge < -0.3 is 20.3 Å². The van der Waals surface area contributed by atoms with Gasteiger partial charge in [0.05, 0.1) is 5.69 Å². The van der Waals surface area contributed by atoms with E-state index in [1.807, 2.05) is 6.92 Å². The summed E-state index contributed by atoms with van der Waals surface area (Å²) in [6.45, 7) is 6.89. The predicted octanol–water partition coefficient (Wildman–Crippen LogP) is 2.10. The van der Waals surface area contributed by atoms with E-state index in [-0.39, 0.29) is 17.8 Å². The number of aryl methyl sites for hydroxylation is 1. The Kier molecular flexibility index (Phi) is 5.50. The normalized spacial score (nSPS) is 16.1. The fraction of sp³-hybridized carbons (Fsp3) is 0.625. The monoisotopic (exact) mass is 398 g/mol. The molecule has 3 rings (SSSR count). The summed E-state index contributed by atoms with van der Waals surface area (Å²) in [5.41, 5.74) is -0.213. The molecule has 3 heterocycles. The van der Waals surface area contributed by atoms with Gasteiger partial charge >= 0.3 is 0 Å². The molecule has 1 aliphatic heterocycles. The van der Waals surface area contributed by atoms with Crippen LogP contribution in [0.25, 0.3) is 0 Å². The summed E-state index contributed by atoms with van der Waals surface area (Å²) in [5.74, 6) is 0.0264. The van der Waals surface area contributed by atoms with Crippen LogP contribution in [-0.4, -0.2) is 50.3 Å². The Bertz CT molecular complexity index is 776. The van der Waals surface area contributed by atoms with Crippen LogP contribution in [0.1, 0.15) is 54.9 Å². The first-order chi connectivity index (χ1) is 12.3. The minimum atomic E-state index is -0.982. The van der Waals surface area contributed by atoms with Gasteiger partial charge in [0.1, 0.15) is 10.6 Å². The predicted molar refractivity (Wildman–Crippen MR) is 101 cm³/mol. The molecular weight excluding hydrogens is 376 g/mol. The van der Waals surface area contributed by atoms with E-state index in [1.54, 1.807) is 13.8 Å². The molecule has 0 spiro atoms. The number of carbonyl (C=O) groups is 1. The number of piperidine rings is 1. The van der Waals surface area contributed by atoms with Gasteiger partial charge in [-0.2, -0.15) is 0 Å². The Morgan fingerprint density at radius 3 is 2.65 bits per heavy atom. The lowest BCUT2D eigenvalue weighted by atomic mass is 10.1. The summed E-state index contributed by atoms with van der Waals surface area (Å²) in [4.78, 5) is 21.5. The maximum atomic E-state index is 12.3. The lowest BCUT2D eigenvalue weighted by molar-refractivity contribution is 0.0775. The van der Waals surface area contributed by atoms with Crippen molar-refractivity contribution >= 4 is 34.0 Å². The number of carbonyl (C=O) groups excluding carboxylic acids is 1. The average Bonchev–Trinajstić information content (AvgIpc) is 3.22. The average molecular weight is 399 g/mol. The number of halogens is 1. The number of H-pyrrole nitrogens is 1. The zero-order valence-electron chi connectivity index (χ0n) is 15.0. The molecule has 10 heteroatoms. The molecule has 2 aromatic heterocycles. The summed E-state index contributed by atoms with van der Waals surface area (Å²) in [6, 6.07) is 0.0781. The van der Waals surface area contributed by atoms with E-state index in [1.165, 1.54) is 11.3 Å². The van der Waals surface area contributed by atoms with Gasteiger partial charge in [0.25, 0.3) is 5.91 Å². The number of rotatable bonds is 5. The van der Waals surface area contributed by atoms with Crippen LogP contribution in [-0.2, 0) is 12.0 Å². The summed E-state index contributed by atoms with van der Waals surface area (Å²) < 4.78 is 0. The van der Waals surface area contributed by atoms with Crippen molar-refractivity contribution < 1.29 is 9.90 Å². The van der Waals surface area contributed by atoms with Gasteiger partial charge in [-0.05, 0) is 33.1 Å². The number of aromatic amines is 1. The van der Waals surface area contributed by atoms with Crippen molar-refractivity contribution in [1.82, 2.24) is 25.5 Å². The largest absolute Gasteiger partial charge is 0.383 e. The Balaban J connectivity index is 1.55. The third kappa shape index (κ3) is 4.16. The van der Waals surface area contributed by atoms with Gasteiger partial charge in [0, 0.05) is 19.1 Å². The van der Waals surface area contributed by atoms with Crippen LogP contribution in [0.5, 0.6) is 0 Å². The first-order valence-electron chi connectivity index (χ1n) is 8.64. The number of nitrogens with one attached hydrogen (secondary N) is 2. The van der Waals surface area contributed by atoms with Gasteiger partial charge in [0.15, 0.2) is 11.0 Å². The molecule has 2 aromatic rings. The van der Waals surface area contributed by atoms with Crippen LogP contribution < -0.4 is 10.2 Å². The van der Waals surface area contributed by atoms with E-state index >= 15 is 0 Å². The Hall–Kier alpha value is -1.71. The Morgan fingerprint density at radius 2 is 2.12 bits per heavy atom. The third-order valence-corrected chi connectivity index (χ3v) is 5.94. The van der Waals surface area contributed by atoms with Crippen LogP contribution in [0.2, 0.25) is 5.15 Å². The molecule has 26 heavy (non-hydrogen) atoms. The first kappa shape index (κ1) is 19.1. The van der Waals surface area contributed by atoms with Crippen molar-refractivity contribution in [1.29, 1.82) is 0 Å². The quantitative estimate of drug-likeness (QED) is 0.712. The minimum Gasteiger partial charge on any atom is -0.383 e. The van der Waals surface area contributed by atoms with E-state index in [0.29, 0.717) is 16.6 Å². The molecule has 0 radical (unpaired) electrons. The molecule has 0 bridgehead atoms. The van der Waals surface area contributed by atoms with E-state index in [9.17, 15) is 9.90 Å². The molecule has 1 amide bonds. The van der Waals surface area contributed by atoms with E-state index in [2.05, 4.69) is 30.4 Å². The number of amides is 1. The molecule has 0 unspecified atom stereocenters. The second kappa shape index (κ2) is 7.50. The Morgan fingerprint density at radius 1 is 1.42 bits per heavy atom. The van der Waals surface area contributed by atoms with Crippen LogP contribution in [0.4, 0.5) is 5.13 Å². The number of hydrogen-bond donors (Lipinski definition) is 3. The van der Waals surface area contributed by atoms with Gasteiger partial charge in [-0.1, -0.05) is 29.9 Å². The smallest absolute Gasteiger partial charge is 0.287 e. The number of aliphatic hydroxyl groups is 1. The number of anilines is 1. The topological polar surface area (TPSA) is 107 Å². The van der Waals surface area contributed by atoms with Gasteiger partial charge in [-0.3, -0.25) is 4.79 Å². The van der Waals surface area contributed by atoms with Crippen molar-refractivity contribution in [3.63, 3.8) is 0 Å². The Labute approximate surface area is 161 Å². The second-order valence-electron chi connectivity index (χ2n) is 6.89. The number of aromatic nitrogens is 4. The zero-order valence-corrected chi connectivity index (χ0v) is 16.6. The maximum absolute atomic E-state index is 12.3. The molecule has 142 valence electrons. The van der Waals surface area contributed by atoms with E-state index < -0.39 is 5.60 Å². The molecule has 8 nitrogen and oxygen atoms in total. The molecule has 1 saturated heterocycles. The van der Waals surface area contributed by atoms with E-state index in [0.717, 1.165) is 36.8 Å². The van der Waals surface area contributed by atoms with Gasteiger partial charge in [-0.25, -0.2) is 4.98 Å². The highest BCUT2D eigenvalue weighted by Gasteiger charge is 2.27. The maximum Gasteiger partial charge on any atom is 0.287 e. The van der Waals surface area contributed by atoms with Crippen molar-refractivity contribution in [3.05, 3.63) is 21.7 Å². The van der Waals surface area contributed by atoms with Crippen molar-refractivity contribution in [2.75, 3.05) is 18.0 Å². The molecular formula is C16H23ClN6O2S. The van der Waals surface area contributed by atoms with Crippen molar-refractivity contribution in [2.45, 2.75) is 51.7 Å². The zero-order chi connectivity index (χ0) is 18.9. The van der Waals surface area contributed by atoms with Crippen LogP contribution in [0.3, 0.4) is 0 Å².